The molecule has 1 aromatic rings. The fourth-order valence-electron chi connectivity index (χ4n) is 2.94. The first-order valence-corrected chi connectivity index (χ1v) is 9.26. The van der Waals surface area contributed by atoms with Crippen LogP contribution < -0.4 is 16.0 Å². The molecule has 1 heterocycles. The third kappa shape index (κ3) is 6.74. The zero-order valence-electron chi connectivity index (χ0n) is 15.3. The van der Waals surface area contributed by atoms with Crippen molar-refractivity contribution in [3.63, 3.8) is 0 Å². The number of rotatable bonds is 7. The van der Waals surface area contributed by atoms with Crippen molar-refractivity contribution in [2.24, 2.45) is 0 Å². The highest BCUT2D eigenvalue weighted by Gasteiger charge is 2.21. The second-order valence-electron chi connectivity index (χ2n) is 6.55. The molecule has 2 rings (SSSR count). The van der Waals surface area contributed by atoms with E-state index in [0.29, 0.717) is 6.54 Å². The van der Waals surface area contributed by atoms with E-state index in [-0.39, 0.29) is 18.0 Å². The molecule has 6 nitrogen and oxygen atoms in total. The maximum Gasteiger partial charge on any atom is 0.319 e. The molecule has 25 heavy (non-hydrogen) atoms. The largest absolute Gasteiger partial charge is 0.355 e. The molecule has 3 N–H and O–H groups in total. The summed E-state index contributed by atoms with van der Waals surface area (Å²) in [5, 5.41) is 8.80. The van der Waals surface area contributed by atoms with Gasteiger partial charge in [-0.15, -0.1) is 0 Å². The third-order valence-electron chi connectivity index (χ3n) is 4.48. The van der Waals surface area contributed by atoms with Crippen LogP contribution in [0.1, 0.15) is 38.7 Å². The van der Waals surface area contributed by atoms with Crippen molar-refractivity contribution < 1.29 is 9.59 Å². The lowest BCUT2D eigenvalue weighted by Gasteiger charge is -2.31. The van der Waals surface area contributed by atoms with Gasteiger partial charge in [0.1, 0.15) is 0 Å². The molecule has 6 heteroatoms. The highest BCUT2D eigenvalue weighted by atomic mass is 16.2. The van der Waals surface area contributed by atoms with E-state index in [4.69, 9.17) is 0 Å². The smallest absolute Gasteiger partial charge is 0.319 e. The first-order chi connectivity index (χ1) is 12.1. The predicted octanol–water partition coefficient (Wildman–Crippen LogP) is 2.36. The zero-order valence-corrected chi connectivity index (χ0v) is 15.3. The van der Waals surface area contributed by atoms with Crippen molar-refractivity contribution in [3.05, 3.63) is 29.8 Å². The Balaban J connectivity index is 1.68. The lowest BCUT2D eigenvalue weighted by molar-refractivity contribution is -0.122. The molecule has 0 aromatic heterocycles. The molecule has 0 bridgehead atoms. The fraction of sp³-hybridized carbons (Fsp3) is 0.579. The molecular weight excluding hydrogens is 316 g/mol. The van der Waals surface area contributed by atoms with Gasteiger partial charge in [-0.05, 0) is 43.4 Å². The van der Waals surface area contributed by atoms with Gasteiger partial charge in [0.2, 0.25) is 5.91 Å². The summed E-state index contributed by atoms with van der Waals surface area (Å²) in [5.41, 5.74) is 2.06. The predicted molar refractivity (Wildman–Crippen MR) is 101 cm³/mol. The average Bonchev–Trinajstić information content (AvgIpc) is 2.62. The summed E-state index contributed by atoms with van der Waals surface area (Å²) < 4.78 is 0. The highest BCUT2D eigenvalue weighted by molar-refractivity contribution is 5.89. The Morgan fingerprint density at radius 3 is 2.40 bits per heavy atom. The molecule has 1 aliphatic rings. The molecule has 0 spiro atoms. The van der Waals surface area contributed by atoms with Gasteiger partial charge in [-0.1, -0.05) is 26.0 Å². The van der Waals surface area contributed by atoms with Gasteiger partial charge in [0.25, 0.3) is 0 Å². The molecule has 0 atom stereocenters. The highest BCUT2D eigenvalue weighted by Crippen LogP contribution is 2.12. The van der Waals surface area contributed by atoms with E-state index in [0.717, 1.165) is 51.0 Å². The number of carbonyl (C=O) groups excluding carboxylic acids is 2. The number of nitrogens with zero attached hydrogens (tertiary/aromatic N) is 1. The van der Waals surface area contributed by atoms with Crippen LogP contribution in [0, 0.1) is 0 Å². The minimum atomic E-state index is -0.164. The first-order valence-electron chi connectivity index (χ1n) is 9.26. The monoisotopic (exact) mass is 346 g/mol. The summed E-state index contributed by atoms with van der Waals surface area (Å²) in [5.74, 6) is 0.0847. The van der Waals surface area contributed by atoms with Gasteiger partial charge in [-0.3, -0.25) is 9.69 Å². The maximum atomic E-state index is 12.1. The van der Waals surface area contributed by atoms with Crippen molar-refractivity contribution in [2.75, 3.05) is 31.5 Å². The van der Waals surface area contributed by atoms with Crippen molar-refractivity contribution in [3.8, 4) is 0 Å². The molecule has 0 aliphatic carbocycles. The van der Waals surface area contributed by atoms with Gasteiger partial charge in [-0.25, -0.2) is 4.79 Å². The van der Waals surface area contributed by atoms with Crippen molar-refractivity contribution in [2.45, 2.75) is 45.6 Å². The molecule has 1 aromatic carbocycles. The molecular formula is C19H30N4O2. The second-order valence-corrected chi connectivity index (χ2v) is 6.55. The number of hydrogen-bond acceptors (Lipinski definition) is 3. The second kappa shape index (κ2) is 10.0. The lowest BCUT2D eigenvalue weighted by Crippen LogP contribution is -2.48. The van der Waals surface area contributed by atoms with Crippen LogP contribution in [0.5, 0.6) is 0 Å². The van der Waals surface area contributed by atoms with Crippen LogP contribution in [0.15, 0.2) is 24.3 Å². The minimum absolute atomic E-state index is 0.0847. The Morgan fingerprint density at radius 1 is 1.12 bits per heavy atom. The molecule has 3 amide bonds. The van der Waals surface area contributed by atoms with Gasteiger partial charge in [0.05, 0.1) is 6.54 Å². The summed E-state index contributed by atoms with van der Waals surface area (Å²) >= 11 is 0. The molecule has 1 aliphatic heterocycles. The van der Waals surface area contributed by atoms with Gasteiger partial charge in [-0.2, -0.15) is 0 Å². The van der Waals surface area contributed by atoms with Crippen molar-refractivity contribution in [1.29, 1.82) is 0 Å². The lowest BCUT2D eigenvalue weighted by atomic mass is 10.1. The fourth-order valence-corrected chi connectivity index (χ4v) is 2.94. The number of nitrogens with one attached hydrogen (secondary N) is 3. The Labute approximate surface area is 150 Å². The van der Waals surface area contributed by atoms with Crippen LogP contribution >= 0.6 is 0 Å². The summed E-state index contributed by atoms with van der Waals surface area (Å²) in [7, 11) is 0. The molecule has 0 unspecified atom stereocenters. The Bertz CT molecular complexity index is 551. The quantitative estimate of drug-likeness (QED) is 0.710. The number of carbonyl (C=O) groups is 2. The number of hydrogen-bond donors (Lipinski definition) is 3. The Hall–Kier alpha value is -2.08. The van der Waals surface area contributed by atoms with Gasteiger partial charge in [0.15, 0.2) is 0 Å². The van der Waals surface area contributed by atoms with Gasteiger partial charge >= 0.3 is 6.03 Å². The van der Waals surface area contributed by atoms with Gasteiger partial charge in [0, 0.05) is 31.4 Å². The Kier molecular flexibility index (Phi) is 7.73. The van der Waals surface area contributed by atoms with Crippen LogP contribution in [0.25, 0.3) is 0 Å². The van der Waals surface area contributed by atoms with E-state index >= 15 is 0 Å². The first kappa shape index (κ1) is 19.2. The van der Waals surface area contributed by atoms with E-state index < -0.39 is 0 Å². The number of likely N-dealkylation sites (tertiary alicyclic amines) is 1. The molecule has 0 saturated carbocycles. The standard InChI is InChI=1S/C19H30N4O2/c1-3-11-20-18(24)14-23-12-9-17(10-13-23)22-19(25)21-16-7-5-15(4-2)6-8-16/h5-8,17H,3-4,9-14H2,1-2H3,(H,20,24)(H2,21,22,25). The summed E-state index contributed by atoms with van der Waals surface area (Å²) in [6.07, 6.45) is 3.67. The van der Waals surface area contributed by atoms with Crippen LogP contribution in [0.3, 0.4) is 0 Å². The Morgan fingerprint density at radius 2 is 1.80 bits per heavy atom. The SMILES string of the molecule is CCCNC(=O)CN1CCC(NC(=O)Nc2ccc(CC)cc2)CC1. The van der Waals surface area contributed by atoms with E-state index in [9.17, 15) is 9.59 Å². The van der Waals surface area contributed by atoms with Crippen LogP contribution in [-0.4, -0.2) is 49.1 Å². The number of piperidine rings is 1. The van der Waals surface area contributed by atoms with Crippen LogP contribution in [0.4, 0.5) is 10.5 Å². The number of anilines is 1. The summed E-state index contributed by atoms with van der Waals surface area (Å²) in [6, 6.07) is 7.90. The molecule has 138 valence electrons. The van der Waals surface area contributed by atoms with Crippen molar-refractivity contribution in [1.82, 2.24) is 15.5 Å². The number of amides is 3. The number of urea groups is 1. The summed E-state index contributed by atoms with van der Waals surface area (Å²) in [6.45, 7) is 6.99. The van der Waals surface area contributed by atoms with Crippen molar-refractivity contribution >= 4 is 17.6 Å². The average molecular weight is 346 g/mol. The number of aryl methyl sites for hydroxylation is 1. The molecule has 1 saturated heterocycles. The minimum Gasteiger partial charge on any atom is -0.355 e. The topological polar surface area (TPSA) is 73.5 Å². The van der Waals surface area contributed by atoms with E-state index in [1.807, 2.05) is 31.2 Å². The molecule has 0 radical (unpaired) electrons. The summed E-state index contributed by atoms with van der Waals surface area (Å²) in [4.78, 5) is 26.0. The zero-order chi connectivity index (χ0) is 18.1. The van der Waals surface area contributed by atoms with Crippen LogP contribution in [0.2, 0.25) is 0 Å². The van der Waals surface area contributed by atoms with Gasteiger partial charge < -0.3 is 16.0 Å². The van der Waals surface area contributed by atoms with E-state index in [2.05, 4.69) is 27.8 Å². The van der Waals surface area contributed by atoms with E-state index in [1.54, 1.807) is 0 Å². The maximum absolute atomic E-state index is 12.1. The third-order valence-corrected chi connectivity index (χ3v) is 4.48. The normalized spacial score (nSPS) is 15.6. The number of benzene rings is 1. The van der Waals surface area contributed by atoms with Crippen LogP contribution in [-0.2, 0) is 11.2 Å². The van der Waals surface area contributed by atoms with E-state index in [1.165, 1.54) is 5.56 Å². The molecule has 1 fully saturated rings.